The molecular formula is C22H25ClN6O3. The number of nitrogens with zero attached hydrogens (tertiary/aromatic N) is 5. The zero-order valence-electron chi connectivity index (χ0n) is 18.2. The molecule has 1 N–H and O–H groups in total. The molecule has 0 aliphatic carbocycles. The van der Waals surface area contributed by atoms with E-state index in [1.165, 1.54) is 9.36 Å². The molecule has 1 unspecified atom stereocenters. The van der Waals surface area contributed by atoms with Crippen LogP contribution in [0.4, 0.5) is 0 Å². The van der Waals surface area contributed by atoms with E-state index < -0.39 is 0 Å². The average molecular weight is 457 g/mol. The van der Waals surface area contributed by atoms with E-state index in [-0.39, 0.29) is 18.5 Å². The third-order valence-corrected chi connectivity index (χ3v) is 5.56. The lowest BCUT2D eigenvalue weighted by atomic mass is 10.0. The van der Waals surface area contributed by atoms with Crippen LogP contribution in [0.25, 0.3) is 5.69 Å². The maximum Gasteiger partial charge on any atom is 0.368 e. The Balaban J connectivity index is 1.51. The molecule has 1 aliphatic rings. The highest BCUT2D eigenvalue weighted by Crippen LogP contribution is 2.28. The van der Waals surface area contributed by atoms with E-state index in [0.29, 0.717) is 30.2 Å². The van der Waals surface area contributed by atoms with Crippen LogP contribution in [0.5, 0.6) is 5.75 Å². The highest BCUT2D eigenvalue weighted by Gasteiger charge is 2.19. The van der Waals surface area contributed by atoms with Gasteiger partial charge in [0.1, 0.15) is 12.0 Å². The maximum absolute atomic E-state index is 12.3. The summed E-state index contributed by atoms with van der Waals surface area (Å²) >= 11 is 6.15. The van der Waals surface area contributed by atoms with Gasteiger partial charge in [-0.05, 0) is 53.6 Å². The number of halogens is 1. The number of aromatic nitrogens is 4. The molecule has 0 bridgehead atoms. The number of hydrogen-bond donors (Lipinski definition) is 1. The third kappa shape index (κ3) is 4.53. The molecule has 168 valence electrons. The molecule has 0 fully saturated rings. The van der Waals surface area contributed by atoms with Gasteiger partial charge in [-0.1, -0.05) is 30.7 Å². The monoisotopic (exact) mass is 456 g/mol. The molecule has 2 heterocycles. The van der Waals surface area contributed by atoms with Crippen LogP contribution in [-0.2, 0) is 18.4 Å². The van der Waals surface area contributed by atoms with E-state index in [4.69, 9.17) is 21.1 Å². The molecule has 1 atom stereocenters. The van der Waals surface area contributed by atoms with Gasteiger partial charge in [-0.25, -0.2) is 4.79 Å². The summed E-state index contributed by atoms with van der Waals surface area (Å²) in [6.07, 6.45) is 1.05. The number of hydrazone groups is 1. The zero-order chi connectivity index (χ0) is 22.7. The van der Waals surface area contributed by atoms with Crippen LogP contribution >= 0.6 is 11.6 Å². The van der Waals surface area contributed by atoms with E-state index in [1.807, 2.05) is 44.2 Å². The lowest BCUT2D eigenvalue weighted by Crippen LogP contribution is -2.30. The highest BCUT2D eigenvalue weighted by atomic mass is 35.5. The molecule has 1 aliphatic heterocycles. The Hall–Kier alpha value is -3.17. The lowest BCUT2D eigenvalue weighted by Gasteiger charge is -2.22. The average Bonchev–Trinajstić information content (AvgIpc) is 3.12. The molecule has 3 aromatic rings. The Labute approximate surface area is 190 Å². The Morgan fingerprint density at radius 2 is 2.16 bits per heavy atom. The first-order valence-electron chi connectivity index (χ1n) is 10.4. The van der Waals surface area contributed by atoms with Gasteiger partial charge in [0.15, 0.2) is 0 Å². The molecule has 0 saturated heterocycles. The first kappa shape index (κ1) is 22.0. The van der Waals surface area contributed by atoms with Gasteiger partial charge in [-0.3, -0.25) is 5.43 Å². The lowest BCUT2D eigenvalue weighted by molar-refractivity contribution is 0.0157. The fourth-order valence-electron chi connectivity index (χ4n) is 3.48. The molecule has 10 heteroatoms. The Morgan fingerprint density at radius 1 is 1.31 bits per heavy atom. The van der Waals surface area contributed by atoms with Crippen molar-refractivity contribution in [2.24, 2.45) is 12.1 Å². The van der Waals surface area contributed by atoms with Gasteiger partial charge >= 0.3 is 5.69 Å². The molecule has 9 nitrogen and oxygen atoms in total. The van der Waals surface area contributed by atoms with Gasteiger partial charge in [0.2, 0.25) is 0 Å². The largest absolute Gasteiger partial charge is 0.492 e. The molecular weight excluding hydrogens is 432 g/mol. The molecule has 0 amide bonds. The van der Waals surface area contributed by atoms with Crippen LogP contribution < -0.4 is 15.9 Å². The first-order chi connectivity index (χ1) is 15.5. The number of nitrogens with one attached hydrogen (secondary N) is 1. The van der Waals surface area contributed by atoms with Crippen molar-refractivity contribution >= 4 is 17.3 Å². The quantitative estimate of drug-likeness (QED) is 0.434. The number of hydrogen-bond acceptors (Lipinski definition) is 7. The second-order valence-corrected chi connectivity index (χ2v) is 7.94. The van der Waals surface area contributed by atoms with Crippen molar-refractivity contribution in [2.75, 3.05) is 6.61 Å². The van der Waals surface area contributed by atoms with Crippen LogP contribution in [0.2, 0.25) is 5.02 Å². The second-order valence-electron chi connectivity index (χ2n) is 7.50. The summed E-state index contributed by atoms with van der Waals surface area (Å²) in [4.78, 5) is 12.3. The number of fused-ring (bicyclic) bond motifs is 1. The van der Waals surface area contributed by atoms with E-state index in [2.05, 4.69) is 21.0 Å². The second kappa shape index (κ2) is 9.54. The predicted octanol–water partition coefficient (Wildman–Crippen LogP) is 2.96. The number of rotatable bonds is 7. The first-order valence-corrected chi connectivity index (χ1v) is 10.8. The Bertz CT molecular complexity index is 1200. The summed E-state index contributed by atoms with van der Waals surface area (Å²) in [6, 6.07) is 11.2. The fraction of sp³-hybridized carbons (Fsp3) is 0.364. The van der Waals surface area contributed by atoms with Crippen LogP contribution in [0.3, 0.4) is 0 Å². The predicted molar refractivity (Wildman–Crippen MR) is 121 cm³/mol. The van der Waals surface area contributed by atoms with Gasteiger partial charge in [0.05, 0.1) is 24.6 Å². The van der Waals surface area contributed by atoms with Crippen molar-refractivity contribution in [1.82, 2.24) is 25.2 Å². The van der Waals surface area contributed by atoms with Gasteiger partial charge < -0.3 is 9.47 Å². The van der Waals surface area contributed by atoms with E-state index >= 15 is 0 Å². The molecule has 2 aromatic carbocycles. The van der Waals surface area contributed by atoms with Gasteiger partial charge in [-0.15, -0.1) is 0 Å². The summed E-state index contributed by atoms with van der Waals surface area (Å²) in [6.45, 7) is 4.83. The van der Waals surface area contributed by atoms with E-state index in [9.17, 15) is 4.79 Å². The SMILES string of the molecule is CCC(NN=C1CCOc2ccc(Cl)cc21)OCc1c(C)cccc1-n1nnn(C)c1=O. The minimum absolute atomic E-state index is 0.285. The van der Waals surface area contributed by atoms with Crippen LogP contribution in [0, 0.1) is 6.92 Å². The fourth-order valence-corrected chi connectivity index (χ4v) is 3.65. The maximum atomic E-state index is 12.3. The summed E-state index contributed by atoms with van der Waals surface area (Å²) in [5.41, 5.74) is 7.08. The number of benzene rings is 2. The highest BCUT2D eigenvalue weighted by molar-refractivity contribution is 6.31. The number of tetrazole rings is 1. The van der Waals surface area contributed by atoms with Crippen molar-refractivity contribution in [3.8, 4) is 11.4 Å². The van der Waals surface area contributed by atoms with E-state index in [1.54, 1.807) is 13.1 Å². The van der Waals surface area contributed by atoms with Crippen molar-refractivity contribution in [3.05, 3.63) is 68.6 Å². The number of aryl methyl sites for hydroxylation is 2. The van der Waals surface area contributed by atoms with Crippen molar-refractivity contribution in [3.63, 3.8) is 0 Å². The summed E-state index contributed by atoms with van der Waals surface area (Å²) in [7, 11) is 1.57. The smallest absolute Gasteiger partial charge is 0.368 e. The molecule has 0 saturated carbocycles. The minimum atomic E-state index is -0.320. The third-order valence-electron chi connectivity index (χ3n) is 5.33. The molecule has 1 aromatic heterocycles. The zero-order valence-corrected chi connectivity index (χ0v) is 19.0. The topological polar surface area (TPSA) is 95.6 Å². The van der Waals surface area contributed by atoms with Crippen molar-refractivity contribution < 1.29 is 9.47 Å². The number of ether oxygens (including phenoxy) is 2. The van der Waals surface area contributed by atoms with Gasteiger partial charge in [0.25, 0.3) is 0 Å². The summed E-state index contributed by atoms with van der Waals surface area (Å²) in [5.74, 6) is 0.772. The summed E-state index contributed by atoms with van der Waals surface area (Å²) in [5, 5.41) is 13.0. The molecule has 0 spiro atoms. The molecule has 4 rings (SSSR count). The Kier molecular flexibility index (Phi) is 6.57. The van der Waals surface area contributed by atoms with Crippen molar-refractivity contribution in [2.45, 2.75) is 39.5 Å². The minimum Gasteiger partial charge on any atom is -0.492 e. The van der Waals surface area contributed by atoms with Crippen LogP contribution in [0.15, 0.2) is 46.3 Å². The van der Waals surface area contributed by atoms with Crippen molar-refractivity contribution in [1.29, 1.82) is 0 Å². The van der Waals surface area contributed by atoms with Crippen LogP contribution in [0.1, 0.15) is 36.5 Å². The van der Waals surface area contributed by atoms with Gasteiger partial charge in [-0.2, -0.15) is 14.5 Å². The molecule has 32 heavy (non-hydrogen) atoms. The van der Waals surface area contributed by atoms with Gasteiger partial charge in [0, 0.05) is 29.6 Å². The normalized spacial score (nSPS) is 15.3. The Morgan fingerprint density at radius 3 is 2.91 bits per heavy atom. The summed E-state index contributed by atoms with van der Waals surface area (Å²) < 4.78 is 14.3. The van der Waals surface area contributed by atoms with E-state index in [0.717, 1.165) is 28.2 Å². The molecule has 0 radical (unpaired) electrons. The standard InChI is InChI=1S/C22H25ClN6O3/c1-4-21(25-24-18-10-11-31-20-9-8-15(23)12-16(18)20)32-13-17-14(2)6-5-7-19(17)29-22(30)28(3)26-27-29/h5-9,12,21,25H,4,10-11,13H2,1-3H3. The van der Waals surface area contributed by atoms with Crippen LogP contribution in [-0.4, -0.2) is 38.3 Å².